The van der Waals surface area contributed by atoms with Crippen LogP contribution in [0, 0.1) is 0 Å². The summed E-state index contributed by atoms with van der Waals surface area (Å²) >= 11 is 0. The minimum atomic E-state index is 0.622. The monoisotopic (exact) mass is 234 g/mol. The molecule has 17 heavy (non-hydrogen) atoms. The van der Waals surface area contributed by atoms with Crippen LogP contribution < -0.4 is 5.73 Å². The number of nitrogens with two attached hydrogens (primary N) is 1. The second kappa shape index (κ2) is 5.45. The first-order valence-corrected chi connectivity index (χ1v) is 6.58. The Labute approximate surface area is 103 Å². The van der Waals surface area contributed by atoms with E-state index in [2.05, 4.69) is 28.7 Å². The fourth-order valence-electron chi connectivity index (χ4n) is 2.04. The number of rotatable bonds is 6. The quantitative estimate of drug-likeness (QED) is 0.815. The van der Waals surface area contributed by atoms with Crippen LogP contribution in [0.3, 0.4) is 0 Å². The van der Waals surface area contributed by atoms with Crippen molar-refractivity contribution in [1.82, 2.24) is 14.9 Å². The normalized spacial score (nSPS) is 15.5. The van der Waals surface area contributed by atoms with Crippen molar-refractivity contribution in [3.05, 3.63) is 17.6 Å². The number of hydrogen-bond acceptors (Lipinski definition) is 4. The molecule has 2 N–H and O–H groups in total. The number of nitrogens with zero attached hydrogens (tertiary/aromatic N) is 3. The van der Waals surface area contributed by atoms with Gasteiger partial charge in [0.05, 0.1) is 0 Å². The summed E-state index contributed by atoms with van der Waals surface area (Å²) in [6, 6.07) is 1.93. The summed E-state index contributed by atoms with van der Waals surface area (Å²) in [5.74, 6) is 2.17. The standard InChI is InChI=1S/C13H22N4/c1-3-17(4-2)8-7-13-15-11(10-5-6-10)9-12(14)16-13/h9-10H,3-8H2,1-2H3,(H2,14,15,16). The Morgan fingerprint density at radius 2 is 2.00 bits per heavy atom. The lowest BCUT2D eigenvalue weighted by molar-refractivity contribution is 0.305. The molecule has 0 unspecified atom stereocenters. The molecule has 0 radical (unpaired) electrons. The van der Waals surface area contributed by atoms with Crippen molar-refractivity contribution < 1.29 is 0 Å². The zero-order chi connectivity index (χ0) is 12.3. The molecular weight excluding hydrogens is 212 g/mol. The maximum absolute atomic E-state index is 5.83. The molecule has 1 aliphatic rings. The highest BCUT2D eigenvalue weighted by Gasteiger charge is 2.25. The SMILES string of the molecule is CCN(CC)CCc1nc(N)cc(C2CC2)n1. The van der Waals surface area contributed by atoms with Gasteiger partial charge >= 0.3 is 0 Å². The zero-order valence-corrected chi connectivity index (χ0v) is 10.8. The van der Waals surface area contributed by atoms with Crippen LogP contribution in [0.25, 0.3) is 0 Å². The van der Waals surface area contributed by atoms with E-state index in [4.69, 9.17) is 5.73 Å². The summed E-state index contributed by atoms with van der Waals surface area (Å²) in [6.07, 6.45) is 3.41. The minimum Gasteiger partial charge on any atom is -0.384 e. The highest BCUT2D eigenvalue weighted by atomic mass is 15.1. The zero-order valence-electron chi connectivity index (χ0n) is 10.8. The minimum absolute atomic E-state index is 0.622. The Morgan fingerprint density at radius 1 is 1.29 bits per heavy atom. The smallest absolute Gasteiger partial charge is 0.132 e. The van der Waals surface area contributed by atoms with Crippen LogP contribution in [0.15, 0.2) is 6.07 Å². The Kier molecular flexibility index (Phi) is 3.94. The van der Waals surface area contributed by atoms with E-state index in [9.17, 15) is 0 Å². The van der Waals surface area contributed by atoms with Crippen molar-refractivity contribution in [1.29, 1.82) is 0 Å². The number of aromatic nitrogens is 2. The lowest BCUT2D eigenvalue weighted by Crippen LogP contribution is -2.26. The van der Waals surface area contributed by atoms with E-state index in [-0.39, 0.29) is 0 Å². The molecule has 1 saturated carbocycles. The lowest BCUT2D eigenvalue weighted by atomic mass is 10.2. The Bertz CT molecular complexity index is 370. The van der Waals surface area contributed by atoms with Crippen molar-refractivity contribution >= 4 is 5.82 Å². The first-order chi connectivity index (χ1) is 8.22. The molecule has 1 aromatic heterocycles. The molecule has 94 valence electrons. The Morgan fingerprint density at radius 3 is 2.59 bits per heavy atom. The van der Waals surface area contributed by atoms with Gasteiger partial charge in [0.15, 0.2) is 0 Å². The predicted octanol–water partition coefficient (Wildman–Crippen LogP) is 1.82. The van der Waals surface area contributed by atoms with Crippen LogP contribution in [-0.2, 0) is 6.42 Å². The van der Waals surface area contributed by atoms with Crippen LogP contribution >= 0.6 is 0 Å². The van der Waals surface area contributed by atoms with Crippen LogP contribution in [0.4, 0.5) is 5.82 Å². The summed E-state index contributed by atoms with van der Waals surface area (Å²) in [6.45, 7) is 7.53. The van der Waals surface area contributed by atoms with E-state index in [0.717, 1.165) is 37.6 Å². The molecule has 1 aromatic rings. The number of hydrogen-bond donors (Lipinski definition) is 1. The van der Waals surface area contributed by atoms with E-state index in [0.29, 0.717) is 11.7 Å². The molecular formula is C13H22N4. The average Bonchev–Trinajstić information content (AvgIpc) is 3.13. The molecule has 4 nitrogen and oxygen atoms in total. The molecule has 0 spiro atoms. The first kappa shape index (κ1) is 12.3. The summed E-state index contributed by atoms with van der Waals surface area (Å²) < 4.78 is 0. The maximum Gasteiger partial charge on any atom is 0.132 e. The van der Waals surface area contributed by atoms with Gasteiger partial charge in [0.1, 0.15) is 11.6 Å². The fraction of sp³-hybridized carbons (Fsp3) is 0.692. The van der Waals surface area contributed by atoms with Crippen LogP contribution in [0.5, 0.6) is 0 Å². The van der Waals surface area contributed by atoms with E-state index >= 15 is 0 Å². The van der Waals surface area contributed by atoms with E-state index in [1.54, 1.807) is 0 Å². The van der Waals surface area contributed by atoms with Gasteiger partial charge in [0, 0.05) is 30.6 Å². The third kappa shape index (κ3) is 3.40. The molecule has 0 saturated heterocycles. The van der Waals surface area contributed by atoms with Crippen molar-refractivity contribution in [3.63, 3.8) is 0 Å². The fourth-order valence-corrected chi connectivity index (χ4v) is 2.04. The van der Waals surface area contributed by atoms with Gasteiger partial charge < -0.3 is 10.6 Å². The Balaban J connectivity index is 1.99. The summed E-state index contributed by atoms with van der Waals surface area (Å²) in [5, 5.41) is 0. The van der Waals surface area contributed by atoms with Crippen molar-refractivity contribution in [2.45, 2.75) is 39.0 Å². The molecule has 0 aliphatic heterocycles. The molecule has 1 aliphatic carbocycles. The molecule has 0 atom stereocenters. The third-order valence-electron chi connectivity index (χ3n) is 3.35. The molecule has 0 amide bonds. The Hall–Kier alpha value is -1.16. The summed E-state index contributed by atoms with van der Waals surface area (Å²) in [4.78, 5) is 11.3. The predicted molar refractivity (Wildman–Crippen MR) is 69.9 cm³/mol. The maximum atomic E-state index is 5.83. The second-order valence-electron chi connectivity index (χ2n) is 4.69. The highest BCUT2D eigenvalue weighted by molar-refractivity contribution is 5.32. The van der Waals surface area contributed by atoms with Crippen LogP contribution in [0.2, 0.25) is 0 Å². The van der Waals surface area contributed by atoms with Gasteiger partial charge in [-0.2, -0.15) is 0 Å². The highest BCUT2D eigenvalue weighted by Crippen LogP contribution is 2.39. The topological polar surface area (TPSA) is 55.0 Å². The van der Waals surface area contributed by atoms with Gasteiger partial charge in [0.25, 0.3) is 0 Å². The van der Waals surface area contributed by atoms with E-state index < -0.39 is 0 Å². The van der Waals surface area contributed by atoms with Crippen molar-refractivity contribution in [2.75, 3.05) is 25.4 Å². The molecule has 1 heterocycles. The van der Waals surface area contributed by atoms with Crippen molar-refractivity contribution in [3.8, 4) is 0 Å². The molecule has 4 heteroatoms. The molecule has 0 aromatic carbocycles. The van der Waals surface area contributed by atoms with Gasteiger partial charge in [-0.15, -0.1) is 0 Å². The van der Waals surface area contributed by atoms with Gasteiger partial charge in [-0.25, -0.2) is 9.97 Å². The second-order valence-corrected chi connectivity index (χ2v) is 4.69. The molecule has 2 rings (SSSR count). The number of nitrogen functional groups attached to an aromatic ring is 1. The molecule has 0 bridgehead atoms. The average molecular weight is 234 g/mol. The third-order valence-corrected chi connectivity index (χ3v) is 3.35. The number of likely N-dealkylation sites (N-methyl/N-ethyl adjacent to an activating group) is 1. The van der Waals surface area contributed by atoms with Gasteiger partial charge in [-0.1, -0.05) is 13.8 Å². The van der Waals surface area contributed by atoms with Gasteiger partial charge in [-0.05, 0) is 25.9 Å². The van der Waals surface area contributed by atoms with Crippen LogP contribution in [-0.4, -0.2) is 34.5 Å². The van der Waals surface area contributed by atoms with Crippen molar-refractivity contribution in [2.24, 2.45) is 0 Å². The first-order valence-electron chi connectivity index (χ1n) is 6.58. The molecule has 1 fully saturated rings. The lowest BCUT2D eigenvalue weighted by Gasteiger charge is -2.17. The van der Waals surface area contributed by atoms with Gasteiger partial charge in [0.2, 0.25) is 0 Å². The summed E-state index contributed by atoms with van der Waals surface area (Å²) in [7, 11) is 0. The van der Waals surface area contributed by atoms with E-state index in [1.165, 1.54) is 12.8 Å². The van der Waals surface area contributed by atoms with Crippen LogP contribution in [0.1, 0.15) is 44.1 Å². The largest absolute Gasteiger partial charge is 0.384 e. The van der Waals surface area contributed by atoms with Gasteiger partial charge in [-0.3, -0.25) is 0 Å². The number of anilines is 1. The van der Waals surface area contributed by atoms with E-state index in [1.807, 2.05) is 6.07 Å². The summed E-state index contributed by atoms with van der Waals surface area (Å²) in [5.41, 5.74) is 6.98.